The molecule has 3 heteroatoms. The molecular formula is C6H13NO2. The van der Waals surface area contributed by atoms with E-state index >= 15 is 0 Å². The van der Waals surface area contributed by atoms with Crippen molar-refractivity contribution in [2.24, 2.45) is 11.7 Å². The Morgan fingerprint density at radius 2 is 2.22 bits per heavy atom. The number of rotatable bonds is 3. The highest BCUT2D eigenvalue weighted by atomic mass is 16.3. The largest absolute Gasteiger partial charge is 0.393 e. The van der Waals surface area contributed by atoms with Gasteiger partial charge in [-0.15, -0.1) is 0 Å². The van der Waals surface area contributed by atoms with E-state index < -0.39 is 12.0 Å². The topological polar surface area (TPSA) is 63.3 Å². The molecule has 0 saturated carbocycles. The van der Waals surface area contributed by atoms with Gasteiger partial charge in [-0.2, -0.15) is 0 Å². The molecule has 0 heterocycles. The first-order valence-corrected chi connectivity index (χ1v) is 3.07. The number of hydrogen-bond donors (Lipinski definition) is 2. The van der Waals surface area contributed by atoms with Gasteiger partial charge in [0.15, 0.2) is 0 Å². The van der Waals surface area contributed by atoms with Gasteiger partial charge in [0.1, 0.15) is 0 Å². The summed E-state index contributed by atoms with van der Waals surface area (Å²) < 4.78 is 0. The molecule has 0 aromatic rings. The van der Waals surface area contributed by atoms with E-state index in [1.165, 1.54) is 0 Å². The predicted octanol–water partition coefficient (Wildman–Crippen LogP) is -0.121. The molecule has 0 aromatic carbocycles. The van der Waals surface area contributed by atoms with Crippen molar-refractivity contribution in [1.29, 1.82) is 0 Å². The number of hydrogen-bond acceptors (Lipinski definition) is 2. The number of aliphatic hydroxyl groups is 1. The first-order valence-electron chi connectivity index (χ1n) is 3.07. The summed E-state index contributed by atoms with van der Waals surface area (Å²) in [6.45, 7) is 3.39. The highest BCUT2D eigenvalue weighted by Gasteiger charge is 2.17. The fraction of sp³-hybridized carbons (Fsp3) is 0.833. The molecule has 3 N–H and O–H groups in total. The second-order valence-corrected chi connectivity index (χ2v) is 2.16. The van der Waals surface area contributed by atoms with Crippen molar-refractivity contribution in [3.05, 3.63) is 0 Å². The zero-order valence-electron chi connectivity index (χ0n) is 5.79. The number of carbonyl (C=O) groups is 1. The lowest BCUT2D eigenvalue weighted by molar-refractivity contribution is -0.124. The van der Waals surface area contributed by atoms with Crippen LogP contribution in [0, 0.1) is 5.92 Å². The van der Waals surface area contributed by atoms with Crippen LogP contribution in [0.15, 0.2) is 0 Å². The lowest BCUT2D eigenvalue weighted by Crippen LogP contribution is -2.31. The Bertz CT molecular complexity index is 101. The first kappa shape index (κ1) is 8.43. The molecule has 0 aliphatic heterocycles. The average molecular weight is 131 g/mol. The predicted molar refractivity (Wildman–Crippen MR) is 34.7 cm³/mol. The zero-order valence-corrected chi connectivity index (χ0v) is 5.79. The summed E-state index contributed by atoms with van der Waals surface area (Å²) in [4.78, 5) is 10.4. The summed E-state index contributed by atoms with van der Waals surface area (Å²) in [7, 11) is 0. The standard InChI is InChI=1S/C6H13NO2/c1-3-5(4(2)8)6(7)9/h4-5,8H,3H2,1-2H3,(H2,7,9)/t4-,5-/m0/s1. The van der Waals surface area contributed by atoms with Crippen LogP contribution in [0.5, 0.6) is 0 Å². The molecule has 0 aliphatic rings. The van der Waals surface area contributed by atoms with Crippen LogP contribution < -0.4 is 5.73 Å². The lowest BCUT2D eigenvalue weighted by Gasteiger charge is -2.12. The van der Waals surface area contributed by atoms with E-state index in [9.17, 15) is 4.79 Å². The van der Waals surface area contributed by atoms with Gasteiger partial charge in [0.05, 0.1) is 12.0 Å². The number of nitrogens with two attached hydrogens (primary N) is 1. The minimum absolute atomic E-state index is 0.384. The monoisotopic (exact) mass is 131 g/mol. The van der Waals surface area contributed by atoms with Crippen LogP contribution in [0.1, 0.15) is 20.3 Å². The summed E-state index contributed by atoms with van der Waals surface area (Å²) in [6, 6.07) is 0. The summed E-state index contributed by atoms with van der Waals surface area (Å²) in [6.07, 6.45) is -0.0139. The van der Waals surface area contributed by atoms with Crippen LogP contribution in [0.3, 0.4) is 0 Å². The Morgan fingerprint density at radius 1 is 1.78 bits per heavy atom. The molecule has 0 fully saturated rings. The maximum absolute atomic E-state index is 10.4. The molecule has 3 nitrogen and oxygen atoms in total. The highest BCUT2D eigenvalue weighted by Crippen LogP contribution is 2.06. The van der Waals surface area contributed by atoms with E-state index in [1.807, 2.05) is 6.92 Å². The number of carbonyl (C=O) groups excluding carboxylic acids is 1. The SMILES string of the molecule is CC[C@H](C(N)=O)[C@H](C)O. The summed E-state index contributed by atoms with van der Waals surface area (Å²) >= 11 is 0. The molecule has 0 bridgehead atoms. The van der Waals surface area contributed by atoms with Crippen molar-refractivity contribution in [3.63, 3.8) is 0 Å². The van der Waals surface area contributed by atoms with Gasteiger partial charge < -0.3 is 10.8 Å². The van der Waals surface area contributed by atoms with Gasteiger partial charge >= 0.3 is 0 Å². The summed E-state index contributed by atoms with van der Waals surface area (Å²) in [5.41, 5.74) is 4.95. The Hall–Kier alpha value is -0.570. The third-order valence-corrected chi connectivity index (χ3v) is 1.39. The van der Waals surface area contributed by atoms with Crippen molar-refractivity contribution in [2.45, 2.75) is 26.4 Å². The highest BCUT2D eigenvalue weighted by molar-refractivity contribution is 5.77. The fourth-order valence-corrected chi connectivity index (χ4v) is 0.780. The van der Waals surface area contributed by atoms with Crippen molar-refractivity contribution >= 4 is 5.91 Å². The molecule has 0 unspecified atom stereocenters. The lowest BCUT2D eigenvalue weighted by atomic mass is 10.0. The molecule has 0 radical (unpaired) electrons. The van der Waals surface area contributed by atoms with Gasteiger partial charge in [-0.05, 0) is 13.3 Å². The third-order valence-electron chi connectivity index (χ3n) is 1.39. The van der Waals surface area contributed by atoms with E-state index in [0.29, 0.717) is 6.42 Å². The Kier molecular flexibility index (Phi) is 3.24. The normalized spacial score (nSPS) is 16.8. The number of aliphatic hydroxyl groups excluding tert-OH is 1. The number of amides is 1. The van der Waals surface area contributed by atoms with Crippen LogP contribution in [-0.2, 0) is 4.79 Å². The van der Waals surface area contributed by atoms with Crippen molar-refractivity contribution in [1.82, 2.24) is 0 Å². The minimum Gasteiger partial charge on any atom is -0.393 e. The summed E-state index contributed by atoms with van der Waals surface area (Å²) in [5.74, 6) is -0.808. The molecule has 2 atom stereocenters. The second kappa shape index (κ2) is 3.45. The zero-order chi connectivity index (χ0) is 7.44. The third kappa shape index (κ3) is 2.46. The molecule has 0 aliphatic carbocycles. The van der Waals surface area contributed by atoms with Gasteiger partial charge in [0.2, 0.25) is 5.91 Å². The van der Waals surface area contributed by atoms with Gasteiger partial charge in [-0.3, -0.25) is 4.79 Å². The molecule has 0 spiro atoms. The van der Waals surface area contributed by atoms with Crippen LogP contribution in [0.2, 0.25) is 0 Å². The van der Waals surface area contributed by atoms with Crippen LogP contribution in [0.25, 0.3) is 0 Å². The van der Waals surface area contributed by atoms with Gasteiger partial charge in [0.25, 0.3) is 0 Å². The first-order chi connectivity index (χ1) is 4.09. The maximum Gasteiger partial charge on any atom is 0.223 e. The Labute approximate surface area is 54.9 Å². The minimum atomic E-state index is -0.618. The van der Waals surface area contributed by atoms with Crippen molar-refractivity contribution in [2.75, 3.05) is 0 Å². The second-order valence-electron chi connectivity index (χ2n) is 2.16. The van der Waals surface area contributed by atoms with Crippen LogP contribution in [-0.4, -0.2) is 17.1 Å². The maximum atomic E-state index is 10.4. The molecule has 1 amide bonds. The van der Waals surface area contributed by atoms with Crippen molar-refractivity contribution in [3.8, 4) is 0 Å². The van der Waals surface area contributed by atoms with Crippen LogP contribution >= 0.6 is 0 Å². The fourth-order valence-electron chi connectivity index (χ4n) is 0.780. The van der Waals surface area contributed by atoms with E-state index in [1.54, 1.807) is 6.92 Å². The molecule has 54 valence electrons. The molecule has 9 heavy (non-hydrogen) atoms. The summed E-state index contributed by atoms with van der Waals surface area (Å²) in [5, 5.41) is 8.88. The van der Waals surface area contributed by atoms with E-state index in [0.717, 1.165) is 0 Å². The Morgan fingerprint density at radius 3 is 2.22 bits per heavy atom. The molecular weight excluding hydrogens is 118 g/mol. The van der Waals surface area contributed by atoms with Gasteiger partial charge in [0, 0.05) is 0 Å². The molecule has 0 rings (SSSR count). The number of primary amides is 1. The van der Waals surface area contributed by atoms with E-state index in [-0.39, 0.29) is 5.92 Å². The van der Waals surface area contributed by atoms with Crippen LogP contribution in [0.4, 0.5) is 0 Å². The van der Waals surface area contributed by atoms with Gasteiger partial charge in [-0.25, -0.2) is 0 Å². The molecule has 0 saturated heterocycles. The van der Waals surface area contributed by atoms with E-state index in [2.05, 4.69) is 0 Å². The molecule has 0 aromatic heterocycles. The average Bonchev–Trinajstić information content (AvgIpc) is 1.64. The van der Waals surface area contributed by atoms with Crippen molar-refractivity contribution < 1.29 is 9.90 Å². The Balaban J connectivity index is 3.83. The van der Waals surface area contributed by atoms with Gasteiger partial charge in [-0.1, -0.05) is 6.92 Å². The van der Waals surface area contributed by atoms with E-state index in [4.69, 9.17) is 10.8 Å². The smallest absolute Gasteiger partial charge is 0.223 e. The quantitative estimate of drug-likeness (QED) is 0.560.